The largest absolute Gasteiger partial charge is 0.317 e. The molecule has 66 valence electrons. The Kier molecular flexibility index (Phi) is 3.38. The van der Waals surface area contributed by atoms with E-state index in [1.165, 1.54) is 25.7 Å². The second-order valence-corrected chi connectivity index (χ2v) is 3.90. The maximum absolute atomic E-state index is 3.44. The number of hydrogen-bond donors (Lipinski definition) is 1. The lowest BCUT2D eigenvalue weighted by Crippen LogP contribution is -2.42. The fraction of sp³-hybridized carbons (Fsp3) is 1.00. The minimum absolute atomic E-state index is 0.795. The smallest absolute Gasteiger partial charge is 0.00947 e. The van der Waals surface area contributed by atoms with Crippen molar-refractivity contribution in [3.8, 4) is 0 Å². The highest BCUT2D eigenvalue weighted by atomic mass is 14.9. The molecule has 0 aromatic rings. The van der Waals surface area contributed by atoms with Gasteiger partial charge in [0.15, 0.2) is 0 Å². The lowest BCUT2D eigenvalue weighted by molar-refractivity contribution is 0.138. The number of hydrogen-bond acceptors (Lipinski definition) is 1. The summed E-state index contributed by atoms with van der Waals surface area (Å²) < 4.78 is 0. The second-order valence-electron chi connectivity index (χ2n) is 3.90. The molecule has 1 saturated carbocycles. The van der Waals surface area contributed by atoms with Gasteiger partial charge in [-0.25, -0.2) is 0 Å². The molecule has 0 saturated heterocycles. The number of rotatable bonds is 4. The summed E-state index contributed by atoms with van der Waals surface area (Å²) in [6.45, 7) is 4.65. The summed E-state index contributed by atoms with van der Waals surface area (Å²) in [6.07, 6.45) is 5.57. The second kappa shape index (κ2) is 4.10. The van der Waals surface area contributed by atoms with Crippen LogP contribution in [0.4, 0.5) is 0 Å². The van der Waals surface area contributed by atoms with Gasteiger partial charge in [-0.15, -0.1) is 0 Å². The summed E-state index contributed by atoms with van der Waals surface area (Å²) in [4.78, 5) is 0. The van der Waals surface area contributed by atoms with Gasteiger partial charge < -0.3 is 5.32 Å². The molecule has 1 heteroatoms. The van der Waals surface area contributed by atoms with E-state index in [1.54, 1.807) is 0 Å². The molecule has 1 fully saturated rings. The van der Waals surface area contributed by atoms with Crippen molar-refractivity contribution < 1.29 is 0 Å². The monoisotopic (exact) mass is 155 g/mol. The zero-order chi connectivity index (χ0) is 8.27. The van der Waals surface area contributed by atoms with Crippen LogP contribution in [0, 0.1) is 11.8 Å². The van der Waals surface area contributed by atoms with Crippen molar-refractivity contribution in [3.05, 3.63) is 0 Å². The molecule has 0 amide bonds. The van der Waals surface area contributed by atoms with Crippen LogP contribution < -0.4 is 5.32 Å². The topological polar surface area (TPSA) is 12.0 Å². The zero-order valence-electron chi connectivity index (χ0n) is 8.06. The van der Waals surface area contributed by atoms with E-state index >= 15 is 0 Å². The Morgan fingerprint density at radius 2 is 2.18 bits per heavy atom. The van der Waals surface area contributed by atoms with Crippen LogP contribution in [-0.2, 0) is 0 Å². The van der Waals surface area contributed by atoms with Crippen LogP contribution in [-0.4, -0.2) is 13.1 Å². The minimum atomic E-state index is 0.795. The average Bonchev–Trinajstić information content (AvgIpc) is 2.01. The first kappa shape index (κ1) is 9.05. The van der Waals surface area contributed by atoms with Gasteiger partial charge in [0.25, 0.3) is 0 Å². The van der Waals surface area contributed by atoms with Crippen molar-refractivity contribution >= 4 is 0 Å². The SMILES string of the molecule is CCCC(NC)C1CCC1C. The van der Waals surface area contributed by atoms with E-state index in [1.807, 2.05) is 0 Å². The third-order valence-corrected chi connectivity index (χ3v) is 3.17. The van der Waals surface area contributed by atoms with E-state index in [0.29, 0.717) is 0 Å². The van der Waals surface area contributed by atoms with Gasteiger partial charge in [-0.3, -0.25) is 0 Å². The average molecular weight is 155 g/mol. The molecule has 3 atom stereocenters. The van der Waals surface area contributed by atoms with E-state index in [2.05, 4.69) is 26.2 Å². The Bertz CT molecular complexity index is 111. The van der Waals surface area contributed by atoms with Crippen molar-refractivity contribution in [2.75, 3.05) is 7.05 Å². The molecular formula is C10H21N. The predicted molar refractivity (Wildman–Crippen MR) is 49.6 cm³/mol. The lowest BCUT2D eigenvalue weighted by Gasteiger charge is -2.40. The van der Waals surface area contributed by atoms with Crippen LogP contribution in [0.5, 0.6) is 0 Å². The summed E-state index contributed by atoms with van der Waals surface area (Å²) in [5, 5.41) is 3.44. The van der Waals surface area contributed by atoms with Crippen LogP contribution in [0.2, 0.25) is 0 Å². The third kappa shape index (κ3) is 1.96. The Morgan fingerprint density at radius 1 is 1.45 bits per heavy atom. The summed E-state index contributed by atoms with van der Waals surface area (Å²) in [6, 6.07) is 0.795. The standard InChI is InChI=1S/C10H21N/c1-4-5-10(11-3)9-7-6-8(9)2/h8-11H,4-7H2,1-3H3. The van der Waals surface area contributed by atoms with Gasteiger partial charge in [0.05, 0.1) is 0 Å². The first-order valence-electron chi connectivity index (χ1n) is 4.96. The van der Waals surface area contributed by atoms with Crippen molar-refractivity contribution in [1.82, 2.24) is 5.32 Å². The fourth-order valence-electron chi connectivity index (χ4n) is 2.17. The molecule has 0 aliphatic heterocycles. The van der Waals surface area contributed by atoms with Crippen LogP contribution in [0.3, 0.4) is 0 Å². The molecule has 1 rings (SSSR count). The molecule has 1 N–H and O–H groups in total. The third-order valence-electron chi connectivity index (χ3n) is 3.17. The van der Waals surface area contributed by atoms with E-state index < -0.39 is 0 Å². The van der Waals surface area contributed by atoms with Crippen molar-refractivity contribution in [3.63, 3.8) is 0 Å². The van der Waals surface area contributed by atoms with Crippen LogP contribution in [0.1, 0.15) is 39.5 Å². The highest BCUT2D eigenvalue weighted by Crippen LogP contribution is 2.37. The minimum Gasteiger partial charge on any atom is -0.317 e. The molecule has 0 bridgehead atoms. The van der Waals surface area contributed by atoms with Gasteiger partial charge in [0.1, 0.15) is 0 Å². The van der Waals surface area contributed by atoms with Crippen LogP contribution in [0.15, 0.2) is 0 Å². The van der Waals surface area contributed by atoms with Crippen LogP contribution in [0.25, 0.3) is 0 Å². The highest BCUT2D eigenvalue weighted by molar-refractivity contribution is 4.86. The highest BCUT2D eigenvalue weighted by Gasteiger charge is 2.32. The molecule has 1 aliphatic rings. The zero-order valence-corrected chi connectivity index (χ0v) is 8.06. The molecule has 0 heterocycles. The molecule has 0 radical (unpaired) electrons. The van der Waals surface area contributed by atoms with Gasteiger partial charge in [0.2, 0.25) is 0 Å². The molecule has 0 aromatic carbocycles. The Balaban J connectivity index is 2.29. The van der Waals surface area contributed by atoms with Gasteiger partial charge >= 0.3 is 0 Å². The summed E-state index contributed by atoms with van der Waals surface area (Å²) >= 11 is 0. The molecule has 0 aromatic heterocycles. The maximum atomic E-state index is 3.44. The Morgan fingerprint density at radius 3 is 2.45 bits per heavy atom. The number of nitrogens with one attached hydrogen (secondary N) is 1. The Labute approximate surface area is 70.6 Å². The fourth-order valence-corrected chi connectivity index (χ4v) is 2.17. The van der Waals surface area contributed by atoms with Crippen LogP contribution >= 0.6 is 0 Å². The molecule has 0 spiro atoms. The molecular weight excluding hydrogens is 134 g/mol. The summed E-state index contributed by atoms with van der Waals surface area (Å²) in [5.74, 6) is 1.94. The van der Waals surface area contributed by atoms with Crippen molar-refractivity contribution in [2.24, 2.45) is 11.8 Å². The molecule has 1 aliphatic carbocycles. The van der Waals surface area contributed by atoms with Gasteiger partial charge in [0, 0.05) is 6.04 Å². The Hall–Kier alpha value is -0.0400. The van der Waals surface area contributed by atoms with E-state index in [0.717, 1.165) is 17.9 Å². The predicted octanol–water partition coefficient (Wildman–Crippen LogP) is 2.42. The summed E-state index contributed by atoms with van der Waals surface area (Å²) in [7, 11) is 2.10. The van der Waals surface area contributed by atoms with E-state index in [-0.39, 0.29) is 0 Å². The first-order valence-corrected chi connectivity index (χ1v) is 4.96. The van der Waals surface area contributed by atoms with Crippen molar-refractivity contribution in [1.29, 1.82) is 0 Å². The normalized spacial score (nSPS) is 33.0. The molecule has 11 heavy (non-hydrogen) atoms. The van der Waals surface area contributed by atoms with E-state index in [9.17, 15) is 0 Å². The molecule has 1 nitrogen and oxygen atoms in total. The quantitative estimate of drug-likeness (QED) is 0.657. The lowest BCUT2D eigenvalue weighted by atomic mass is 9.70. The van der Waals surface area contributed by atoms with Crippen molar-refractivity contribution in [2.45, 2.75) is 45.6 Å². The van der Waals surface area contributed by atoms with Gasteiger partial charge in [-0.1, -0.05) is 26.7 Å². The maximum Gasteiger partial charge on any atom is 0.00947 e. The summed E-state index contributed by atoms with van der Waals surface area (Å²) in [5.41, 5.74) is 0. The van der Waals surface area contributed by atoms with Gasteiger partial charge in [-0.2, -0.15) is 0 Å². The first-order chi connectivity index (χ1) is 5.29. The van der Waals surface area contributed by atoms with E-state index in [4.69, 9.17) is 0 Å². The molecule has 3 unspecified atom stereocenters. The van der Waals surface area contributed by atoms with Gasteiger partial charge in [-0.05, 0) is 31.7 Å².